The van der Waals surface area contributed by atoms with E-state index in [2.05, 4.69) is 4.18 Å². The van der Waals surface area contributed by atoms with Gasteiger partial charge in [0.1, 0.15) is 5.75 Å². The molecule has 0 fully saturated rings. The average Bonchev–Trinajstić information content (AvgIpc) is 2.25. The van der Waals surface area contributed by atoms with Crippen LogP contribution in [0.3, 0.4) is 0 Å². The first-order valence-electron chi connectivity index (χ1n) is 5.64. The van der Waals surface area contributed by atoms with Crippen LogP contribution < -0.4 is 4.18 Å². The molecule has 0 aromatic heterocycles. The normalized spacial score (nSPS) is 13.0. The third kappa shape index (κ3) is 3.87. The van der Waals surface area contributed by atoms with E-state index in [1.807, 2.05) is 0 Å². The number of benzene rings is 1. The molecule has 0 radical (unpaired) electrons. The molecule has 5 nitrogen and oxygen atoms in total. The van der Waals surface area contributed by atoms with Crippen LogP contribution in [0.5, 0.6) is 5.75 Å². The van der Waals surface area contributed by atoms with Gasteiger partial charge in [-0.05, 0) is 23.6 Å². The number of carboxylic acid groups (broad SMARTS) is 1. The third-order valence-corrected chi connectivity index (χ3v) is 3.48. The van der Waals surface area contributed by atoms with E-state index >= 15 is 0 Å². The smallest absolute Gasteiger partial charge is 0.478 e. The topological polar surface area (TPSA) is 80.7 Å². The highest BCUT2D eigenvalue weighted by Gasteiger charge is 2.49. The Labute approximate surface area is 119 Å². The molecule has 118 valence electrons. The average molecular weight is 326 g/mol. The first-order chi connectivity index (χ1) is 9.25. The Balaban J connectivity index is 3.41. The maximum atomic E-state index is 12.3. The summed E-state index contributed by atoms with van der Waals surface area (Å²) in [6.45, 7) is 4.75. The van der Waals surface area contributed by atoms with E-state index in [0.717, 1.165) is 18.2 Å². The lowest BCUT2D eigenvalue weighted by atomic mass is 9.85. The molecule has 9 heteroatoms. The molecule has 1 rings (SSSR count). The minimum absolute atomic E-state index is 0.0372. The zero-order chi connectivity index (χ0) is 16.6. The lowest BCUT2D eigenvalue weighted by Crippen LogP contribution is -2.29. The molecule has 0 aliphatic carbocycles. The second-order valence-electron chi connectivity index (χ2n) is 5.25. The molecular weight excluding hydrogens is 313 g/mol. The SMILES string of the molecule is CC(C)(C)c1cc(C(=O)O)ccc1OS(=O)(=O)C(F)(F)F. The van der Waals surface area contributed by atoms with E-state index < -0.39 is 32.8 Å². The maximum absolute atomic E-state index is 12.3. The van der Waals surface area contributed by atoms with Gasteiger partial charge in [0.2, 0.25) is 0 Å². The highest BCUT2D eigenvalue weighted by atomic mass is 32.2. The van der Waals surface area contributed by atoms with E-state index in [1.165, 1.54) is 0 Å². The van der Waals surface area contributed by atoms with Crippen molar-refractivity contribution in [2.75, 3.05) is 0 Å². The van der Waals surface area contributed by atoms with E-state index in [-0.39, 0.29) is 11.1 Å². The third-order valence-electron chi connectivity index (χ3n) is 2.52. The second kappa shape index (κ2) is 5.21. The second-order valence-corrected chi connectivity index (χ2v) is 6.79. The summed E-state index contributed by atoms with van der Waals surface area (Å²) in [7, 11) is -5.81. The lowest BCUT2D eigenvalue weighted by Gasteiger charge is -2.23. The van der Waals surface area contributed by atoms with Crippen LogP contribution in [-0.2, 0) is 15.5 Å². The Morgan fingerprint density at radius 1 is 1.19 bits per heavy atom. The number of aromatic carboxylic acids is 1. The van der Waals surface area contributed by atoms with Crippen molar-refractivity contribution in [2.24, 2.45) is 0 Å². The van der Waals surface area contributed by atoms with Crippen molar-refractivity contribution in [1.82, 2.24) is 0 Å². The van der Waals surface area contributed by atoms with Gasteiger partial charge in [-0.25, -0.2) is 4.79 Å². The Morgan fingerprint density at radius 3 is 2.10 bits per heavy atom. The standard InChI is InChI=1S/C12H13F3O5S/c1-11(2,3)8-6-7(10(16)17)4-5-9(8)20-21(18,19)12(13,14)15/h4-6H,1-3H3,(H,16,17). The number of hydrogen-bond acceptors (Lipinski definition) is 4. The van der Waals surface area contributed by atoms with Crippen molar-refractivity contribution in [3.8, 4) is 5.75 Å². The molecule has 0 aliphatic heterocycles. The van der Waals surface area contributed by atoms with Gasteiger partial charge in [0, 0.05) is 5.56 Å². The molecule has 1 N–H and O–H groups in total. The first-order valence-corrected chi connectivity index (χ1v) is 7.05. The Morgan fingerprint density at radius 2 is 1.71 bits per heavy atom. The molecule has 1 aromatic carbocycles. The molecule has 0 bridgehead atoms. The van der Waals surface area contributed by atoms with Crippen molar-refractivity contribution >= 4 is 16.1 Å². The van der Waals surface area contributed by atoms with Gasteiger partial charge in [0.05, 0.1) is 5.56 Å². The lowest BCUT2D eigenvalue weighted by molar-refractivity contribution is -0.0500. The molecule has 0 amide bonds. The number of halogens is 3. The van der Waals surface area contributed by atoms with Crippen LogP contribution in [-0.4, -0.2) is 25.0 Å². The van der Waals surface area contributed by atoms with Gasteiger partial charge in [-0.2, -0.15) is 21.6 Å². The Bertz CT molecular complexity index is 656. The van der Waals surface area contributed by atoms with Crippen LogP contribution in [0.15, 0.2) is 18.2 Å². The van der Waals surface area contributed by atoms with Gasteiger partial charge < -0.3 is 9.29 Å². The first kappa shape index (κ1) is 17.3. The molecule has 0 heterocycles. The summed E-state index contributed by atoms with van der Waals surface area (Å²) in [4.78, 5) is 10.9. The fourth-order valence-electron chi connectivity index (χ4n) is 1.49. The molecule has 0 unspecified atom stereocenters. The maximum Gasteiger partial charge on any atom is 0.534 e. The van der Waals surface area contributed by atoms with Crippen molar-refractivity contribution in [3.63, 3.8) is 0 Å². The molecule has 0 saturated heterocycles. The largest absolute Gasteiger partial charge is 0.534 e. The number of alkyl halides is 3. The van der Waals surface area contributed by atoms with Crippen molar-refractivity contribution in [3.05, 3.63) is 29.3 Å². The van der Waals surface area contributed by atoms with Gasteiger partial charge >= 0.3 is 21.6 Å². The zero-order valence-corrected chi connectivity index (χ0v) is 12.2. The quantitative estimate of drug-likeness (QED) is 0.682. The van der Waals surface area contributed by atoms with E-state index in [1.54, 1.807) is 20.8 Å². The minimum Gasteiger partial charge on any atom is -0.478 e. The Kier molecular flexibility index (Phi) is 4.29. The van der Waals surface area contributed by atoms with E-state index in [9.17, 15) is 26.4 Å². The number of carbonyl (C=O) groups is 1. The van der Waals surface area contributed by atoms with Crippen LogP contribution in [0.25, 0.3) is 0 Å². The van der Waals surface area contributed by atoms with Crippen LogP contribution >= 0.6 is 0 Å². The fourth-order valence-corrected chi connectivity index (χ4v) is 1.96. The van der Waals surface area contributed by atoms with Crippen LogP contribution in [0.1, 0.15) is 36.7 Å². The molecule has 0 atom stereocenters. The summed E-state index contributed by atoms with van der Waals surface area (Å²) < 4.78 is 63.3. The van der Waals surface area contributed by atoms with Crippen LogP contribution in [0.4, 0.5) is 13.2 Å². The summed E-state index contributed by atoms with van der Waals surface area (Å²) >= 11 is 0. The number of rotatable bonds is 3. The van der Waals surface area contributed by atoms with Crippen molar-refractivity contribution in [2.45, 2.75) is 31.7 Å². The predicted octanol–water partition coefficient (Wildman–Crippen LogP) is 2.91. The van der Waals surface area contributed by atoms with E-state index in [0.29, 0.717) is 0 Å². The van der Waals surface area contributed by atoms with Crippen LogP contribution in [0.2, 0.25) is 0 Å². The highest BCUT2D eigenvalue weighted by Crippen LogP contribution is 2.35. The van der Waals surface area contributed by atoms with Crippen molar-refractivity contribution < 1.29 is 35.7 Å². The van der Waals surface area contributed by atoms with Crippen molar-refractivity contribution in [1.29, 1.82) is 0 Å². The van der Waals surface area contributed by atoms with Gasteiger partial charge in [-0.15, -0.1) is 0 Å². The monoisotopic (exact) mass is 326 g/mol. The Hall–Kier alpha value is -1.77. The molecule has 1 aromatic rings. The highest BCUT2D eigenvalue weighted by molar-refractivity contribution is 7.88. The van der Waals surface area contributed by atoms with Gasteiger partial charge in [0.25, 0.3) is 0 Å². The van der Waals surface area contributed by atoms with Gasteiger partial charge in [-0.1, -0.05) is 20.8 Å². The van der Waals surface area contributed by atoms with Crippen LogP contribution in [0, 0.1) is 0 Å². The molecule has 0 aliphatic rings. The summed E-state index contributed by atoms with van der Waals surface area (Å²) in [5, 5.41) is 8.89. The predicted molar refractivity (Wildman–Crippen MR) is 67.7 cm³/mol. The summed E-state index contributed by atoms with van der Waals surface area (Å²) in [5.41, 5.74) is -6.53. The summed E-state index contributed by atoms with van der Waals surface area (Å²) in [5.74, 6) is -1.84. The molecule has 0 saturated carbocycles. The van der Waals surface area contributed by atoms with Gasteiger partial charge in [-0.3, -0.25) is 0 Å². The molecular formula is C12H13F3O5S. The fraction of sp³-hybridized carbons (Fsp3) is 0.417. The number of hydrogen-bond donors (Lipinski definition) is 1. The molecule has 21 heavy (non-hydrogen) atoms. The summed E-state index contributed by atoms with van der Waals surface area (Å²) in [6, 6.07) is 2.95. The zero-order valence-electron chi connectivity index (χ0n) is 11.4. The van der Waals surface area contributed by atoms with Gasteiger partial charge in [0.15, 0.2) is 0 Å². The summed E-state index contributed by atoms with van der Waals surface area (Å²) in [6.07, 6.45) is 0. The van der Waals surface area contributed by atoms with E-state index in [4.69, 9.17) is 5.11 Å². The molecule has 0 spiro atoms. The minimum atomic E-state index is -5.81. The number of carboxylic acids is 1.